The van der Waals surface area contributed by atoms with Crippen LogP contribution in [0.15, 0.2) is 24.3 Å². The monoisotopic (exact) mass is 275 g/mol. The van der Waals surface area contributed by atoms with Crippen LogP contribution in [0, 0.1) is 12.8 Å². The van der Waals surface area contributed by atoms with Crippen molar-refractivity contribution in [2.24, 2.45) is 5.92 Å². The number of nitrogens with one attached hydrogen (secondary N) is 1. The zero-order valence-corrected chi connectivity index (χ0v) is 13.0. The van der Waals surface area contributed by atoms with Crippen LogP contribution in [0.2, 0.25) is 0 Å². The smallest absolute Gasteiger partial charge is 0.0469 e. The summed E-state index contributed by atoms with van der Waals surface area (Å²) in [7, 11) is 0. The van der Waals surface area contributed by atoms with Gasteiger partial charge in [-0.3, -0.25) is 0 Å². The number of rotatable bonds is 10. The van der Waals surface area contributed by atoms with E-state index in [0.717, 1.165) is 45.1 Å². The second-order valence-electron chi connectivity index (χ2n) is 6.14. The van der Waals surface area contributed by atoms with Crippen LogP contribution < -0.4 is 5.32 Å². The molecular weight excluding hydrogens is 246 g/mol. The van der Waals surface area contributed by atoms with E-state index in [-0.39, 0.29) is 0 Å². The molecule has 1 aromatic rings. The summed E-state index contributed by atoms with van der Waals surface area (Å²) in [6.07, 6.45) is 6.17. The molecule has 2 rings (SSSR count). The Bertz CT molecular complexity index is 387. The van der Waals surface area contributed by atoms with Gasteiger partial charge in [0.1, 0.15) is 0 Å². The van der Waals surface area contributed by atoms with Crippen molar-refractivity contribution in [2.45, 2.75) is 52.0 Å². The quantitative estimate of drug-likeness (QED) is 0.657. The Balaban J connectivity index is 1.80. The highest BCUT2D eigenvalue weighted by atomic mass is 16.5. The molecule has 0 saturated heterocycles. The van der Waals surface area contributed by atoms with Crippen LogP contribution in [0.3, 0.4) is 0 Å². The third kappa shape index (κ3) is 6.06. The highest BCUT2D eigenvalue weighted by Gasteiger charge is 2.22. The average molecular weight is 275 g/mol. The first-order valence-corrected chi connectivity index (χ1v) is 8.14. The predicted molar refractivity (Wildman–Crippen MR) is 85.1 cm³/mol. The van der Waals surface area contributed by atoms with E-state index in [4.69, 9.17) is 4.74 Å². The van der Waals surface area contributed by atoms with Gasteiger partial charge >= 0.3 is 0 Å². The van der Waals surface area contributed by atoms with Gasteiger partial charge in [-0.1, -0.05) is 36.8 Å². The van der Waals surface area contributed by atoms with E-state index in [0.29, 0.717) is 5.92 Å². The van der Waals surface area contributed by atoms with Gasteiger partial charge in [-0.15, -0.1) is 0 Å². The van der Waals surface area contributed by atoms with E-state index in [1.165, 1.54) is 24.0 Å². The molecular formula is C18H29NO. The Morgan fingerprint density at radius 1 is 1.30 bits per heavy atom. The van der Waals surface area contributed by atoms with Crippen LogP contribution in [-0.4, -0.2) is 25.8 Å². The van der Waals surface area contributed by atoms with Crippen molar-refractivity contribution in [1.82, 2.24) is 5.32 Å². The molecule has 0 radical (unpaired) electrons. The molecule has 1 N–H and O–H groups in total. The molecule has 0 aromatic heterocycles. The molecule has 20 heavy (non-hydrogen) atoms. The lowest BCUT2D eigenvalue weighted by Gasteiger charge is -2.18. The maximum Gasteiger partial charge on any atom is 0.0469 e. The van der Waals surface area contributed by atoms with Crippen LogP contribution in [0.1, 0.15) is 43.7 Å². The number of benzene rings is 1. The SMILES string of the molecule is CCCOCCC(CNC1CC1)Cc1cccc(C)c1. The minimum atomic E-state index is 0.689. The van der Waals surface area contributed by atoms with Gasteiger partial charge in [-0.25, -0.2) is 0 Å². The molecule has 1 unspecified atom stereocenters. The zero-order valence-electron chi connectivity index (χ0n) is 13.0. The fourth-order valence-electron chi connectivity index (χ4n) is 2.57. The normalized spacial score (nSPS) is 16.3. The molecule has 0 spiro atoms. The Morgan fingerprint density at radius 2 is 2.15 bits per heavy atom. The second-order valence-corrected chi connectivity index (χ2v) is 6.14. The molecule has 0 aliphatic heterocycles. The molecule has 1 atom stereocenters. The van der Waals surface area contributed by atoms with Crippen molar-refractivity contribution in [3.63, 3.8) is 0 Å². The van der Waals surface area contributed by atoms with Gasteiger partial charge in [-0.2, -0.15) is 0 Å². The van der Waals surface area contributed by atoms with Gasteiger partial charge in [0.25, 0.3) is 0 Å². The number of hydrogen-bond acceptors (Lipinski definition) is 2. The highest BCUT2D eigenvalue weighted by Crippen LogP contribution is 2.20. The molecule has 0 bridgehead atoms. The van der Waals surface area contributed by atoms with Crippen molar-refractivity contribution in [3.8, 4) is 0 Å². The maximum absolute atomic E-state index is 5.67. The van der Waals surface area contributed by atoms with E-state index in [1.807, 2.05) is 0 Å². The van der Waals surface area contributed by atoms with Gasteiger partial charge in [0.05, 0.1) is 0 Å². The zero-order chi connectivity index (χ0) is 14.2. The Morgan fingerprint density at radius 3 is 2.85 bits per heavy atom. The maximum atomic E-state index is 5.67. The summed E-state index contributed by atoms with van der Waals surface area (Å²) < 4.78 is 5.67. The summed E-state index contributed by atoms with van der Waals surface area (Å²) >= 11 is 0. The molecule has 1 aliphatic carbocycles. The molecule has 1 aliphatic rings. The van der Waals surface area contributed by atoms with Crippen molar-refractivity contribution in [1.29, 1.82) is 0 Å². The Labute approximate surface area is 123 Å². The standard InChI is InChI=1S/C18H29NO/c1-3-10-20-11-9-17(14-19-18-7-8-18)13-16-6-4-5-15(2)12-16/h4-6,12,17-19H,3,7-11,13-14H2,1-2H3. The summed E-state index contributed by atoms with van der Waals surface area (Å²) in [5.41, 5.74) is 2.82. The van der Waals surface area contributed by atoms with E-state index in [9.17, 15) is 0 Å². The first-order valence-electron chi connectivity index (χ1n) is 8.14. The first-order chi connectivity index (χ1) is 9.78. The van der Waals surface area contributed by atoms with Crippen LogP contribution in [0.25, 0.3) is 0 Å². The van der Waals surface area contributed by atoms with Crippen molar-refractivity contribution >= 4 is 0 Å². The lowest BCUT2D eigenvalue weighted by atomic mass is 9.95. The number of ether oxygens (including phenoxy) is 1. The van der Waals surface area contributed by atoms with Crippen LogP contribution in [0.4, 0.5) is 0 Å². The molecule has 2 heteroatoms. The third-order valence-corrected chi connectivity index (χ3v) is 3.90. The first kappa shape index (κ1) is 15.5. The van der Waals surface area contributed by atoms with Crippen molar-refractivity contribution in [3.05, 3.63) is 35.4 Å². The third-order valence-electron chi connectivity index (χ3n) is 3.90. The lowest BCUT2D eigenvalue weighted by Crippen LogP contribution is -2.27. The van der Waals surface area contributed by atoms with Gasteiger partial charge in [0.15, 0.2) is 0 Å². The molecule has 1 saturated carbocycles. The minimum Gasteiger partial charge on any atom is -0.381 e. The van der Waals surface area contributed by atoms with Gasteiger partial charge in [-0.05, 0) is 57.1 Å². The fraction of sp³-hybridized carbons (Fsp3) is 0.667. The van der Waals surface area contributed by atoms with Gasteiger partial charge < -0.3 is 10.1 Å². The Kier molecular flexibility index (Phi) is 6.55. The summed E-state index contributed by atoms with van der Waals surface area (Å²) in [5.74, 6) is 0.689. The number of aryl methyl sites for hydroxylation is 1. The molecule has 0 heterocycles. The van der Waals surface area contributed by atoms with Crippen molar-refractivity contribution in [2.75, 3.05) is 19.8 Å². The molecule has 0 amide bonds. The van der Waals surface area contributed by atoms with Crippen LogP contribution >= 0.6 is 0 Å². The second kappa shape index (κ2) is 8.43. The largest absolute Gasteiger partial charge is 0.381 e. The van der Waals surface area contributed by atoms with Crippen molar-refractivity contribution < 1.29 is 4.74 Å². The molecule has 2 nitrogen and oxygen atoms in total. The summed E-state index contributed by atoms with van der Waals surface area (Å²) in [6, 6.07) is 9.71. The summed E-state index contributed by atoms with van der Waals surface area (Å²) in [4.78, 5) is 0. The molecule has 112 valence electrons. The summed E-state index contributed by atoms with van der Waals surface area (Å²) in [6.45, 7) is 7.27. The topological polar surface area (TPSA) is 21.3 Å². The van der Waals surface area contributed by atoms with E-state index < -0.39 is 0 Å². The minimum absolute atomic E-state index is 0.689. The van der Waals surface area contributed by atoms with Gasteiger partial charge in [0.2, 0.25) is 0 Å². The van der Waals surface area contributed by atoms with Crippen LogP contribution in [0.5, 0.6) is 0 Å². The van der Waals surface area contributed by atoms with Crippen LogP contribution in [-0.2, 0) is 11.2 Å². The predicted octanol–water partition coefficient (Wildman–Crippen LogP) is 3.72. The number of hydrogen-bond donors (Lipinski definition) is 1. The summed E-state index contributed by atoms with van der Waals surface area (Å²) in [5, 5.41) is 3.68. The fourth-order valence-corrected chi connectivity index (χ4v) is 2.57. The molecule has 1 aromatic carbocycles. The van der Waals surface area contributed by atoms with E-state index >= 15 is 0 Å². The van der Waals surface area contributed by atoms with E-state index in [2.05, 4.69) is 43.4 Å². The average Bonchev–Trinajstić information content (AvgIpc) is 3.25. The Hall–Kier alpha value is -0.860. The van der Waals surface area contributed by atoms with Gasteiger partial charge in [0, 0.05) is 19.3 Å². The lowest BCUT2D eigenvalue weighted by molar-refractivity contribution is 0.120. The van der Waals surface area contributed by atoms with E-state index in [1.54, 1.807) is 0 Å². The highest BCUT2D eigenvalue weighted by molar-refractivity contribution is 5.22. The molecule has 1 fully saturated rings.